The van der Waals surface area contributed by atoms with Crippen molar-refractivity contribution in [2.45, 2.75) is 32.2 Å². The number of amides is 1. The summed E-state index contributed by atoms with van der Waals surface area (Å²) in [6, 6.07) is 12.4. The molecule has 0 saturated carbocycles. The van der Waals surface area contributed by atoms with E-state index >= 15 is 0 Å². The Morgan fingerprint density at radius 1 is 1.04 bits per heavy atom. The van der Waals surface area contributed by atoms with Gasteiger partial charge in [0.1, 0.15) is 11.9 Å². The van der Waals surface area contributed by atoms with Gasteiger partial charge in [0.2, 0.25) is 5.91 Å². The van der Waals surface area contributed by atoms with Gasteiger partial charge in [0, 0.05) is 12.8 Å². The van der Waals surface area contributed by atoms with Crippen LogP contribution in [0.2, 0.25) is 0 Å². The summed E-state index contributed by atoms with van der Waals surface area (Å²) in [5.74, 6) is -1.80. The summed E-state index contributed by atoms with van der Waals surface area (Å²) in [6.45, 7) is 1.99. The van der Waals surface area contributed by atoms with Gasteiger partial charge in [-0.05, 0) is 36.6 Å². The second kappa shape index (κ2) is 8.24. The highest BCUT2D eigenvalue weighted by molar-refractivity contribution is 5.83. The maximum absolute atomic E-state index is 12.9. The van der Waals surface area contributed by atoms with Gasteiger partial charge >= 0.3 is 5.97 Å². The van der Waals surface area contributed by atoms with Crippen LogP contribution in [0, 0.1) is 12.7 Å². The average molecular weight is 329 g/mol. The summed E-state index contributed by atoms with van der Waals surface area (Å²) >= 11 is 0. The number of carbonyl (C=O) groups is 2. The number of hydrogen-bond donors (Lipinski definition) is 2. The molecular weight excluding hydrogens is 309 g/mol. The van der Waals surface area contributed by atoms with E-state index in [-0.39, 0.29) is 24.6 Å². The fourth-order valence-electron chi connectivity index (χ4n) is 2.34. The highest BCUT2D eigenvalue weighted by atomic mass is 19.1. The van der Waals surface area contributed by atoms with Crippen molar-refractivity contribution >= 4 is 11.9 Å². The van der Waals surface area contributed by atoms with Crippen molar-refractivity contribution < 1.29 is 19.1 Å². The zero-order valence-corrected chi connectivity index (χ0v) is 13.5. The van der Waals surface area contributed by atoms with E-state index < -0.39 is 12.0 Å². The fraction of sp³-hybridized carbons (Fsp3) is 0.263. The molecule has 2 aromatic rings. The number of nitrogens with one attached hydrogen (secondary N) is 1. The molecular formula is C19H20FNO3. The summed E-state index contributed by atoms with van der Waals surface area (Å²) in [5, 5.41) is 11.8. The molecule has 24 heavy (non-hydrogen) atoms. The number of rotatable bonds is 7. The minimum absolute atomic E-state index is 0.117. The predicted octanol–water partition coefficient (Wildman–Crippen LogP) is 2.88. The van der Waals surface area contributed by atoms with E-state index in [2.05, 4.69) is 5.32 Å². The van der Waals surface area contributed by atoms with Crippen LogP contribution in [-0.2, 0) is 22.4 Å². The molecule has 0 saturated heterocycles. The van der Waals surface area contributed by atoms with Crippen molar-refractivity contribution in [1.29, 1.82) is 0 Å². The molecule has 0 radical (unpaired) electrons. The number of halogens is 1. The van der Waals surface area contributed by atoms with Gasteiger partial charge in [-0.15, -0.1) is 0 Å². The fourth-order valence-corrected chi connectivity index (χ4v) is 2.34. The summed E-state index contributed by atoms with van der Waals surface area (Å²) in [7, 11) is 0. The Morgan fingerprint density at radius 3 is 2.21 bits per heavy atom. The third kappa shape index (κ3) is 5.50. The summed E-state index contributed by atoms with van der Waals surface area (Å²) < 4.78 is 12.9. The third-order valence-corrected chi connectivity index (χ3v) is 3.75. The van der Waals surface area contributed by atoms with Gasteiger partial charge < -0.3 is 10.4 Å². The molecule has 0 aliphatic heterocycles. The normalized spacial score (nSPS) is 11.8. The SMILES string of the molecule is Cc1ccc(CCC(=O)NC(Cc2ccc(F)cc2)C(=O)O)cc1. The van der Waals surface area contributed by atoms with Crippen molar-refractivity contribution in [2.75, 3.05) is 0 Å². The van der Waals surface area contributed by atoms with Crippen molar-refractivity contribution in [3.05, 3.63) is 71.0 Å². The number of aryl methyl sites for hydroxylation is 2. The molecule has 2 rings (SSSR count). The summed E-state index contributed by atoms with van der Waals surface area (Å²) in [4.78, 5) is 23.3. The van der Waals surface area contributed by atoms with Crippen LogP contribution in [0.1, 0.15) is 23.1 Å². The lowest BCUT2D eigenvalue weighted by Crippen LogP contribution is -2.42. The maximum atomic E-state index is 12.9. The van der Waals surface area contributed by atoms with Crippen molar-refractivity contribution in [3.8, 4) is 0 Å². The molecule has 2 aromatic carbocycles. The Bertz CT molecular complexity index is 696. The molecule has 126 valence electrons. The molecule has 5 heteroatoms. The van der Waals surface area contributed by atoms with Gasteiger partial charge in [-0.3, -0.25) is 4.79 Å². The van der Waals surface area contributed by atoms with E-state index in [1.165, 1.54) is 24.3 Å². The maximum Gasteiger partial charge on any atom is 0.326 e. The minimum atomic E-state index is -1.11. The van der Waals surface area contributed by atoms with Crippen LogP contribution >= 0.6 is 0 Å². The first kappa shape index (κ1) is 17.7. The van der Waals surface area contributed by atoms with Gasteiger partial charge in [0.05, 0.1) is 0 Å². The molecule has 0 bridgehead atoms. The standard InChI is InChI=1S/C19H20FNO3/c1-13-2-4-14(5-3-13)8-11-18(22)21-17(19(23)24)12-15-6-9-16(20)10-7-15/h2-7,9-10,17H,8,11-12H2,1H3,(H,21,22)(H,23,24). The minimum Gasteiger partial charge on any atom is -0.480 e. The quantitative estimate of drug-likeness (QED) is 0.821. The van der Waals surface area contributed by atoms with Gasteiger partial charge in [-0.25, -0.2) is 9.18 Å². The van der Waals surface area contributed by atoms with Gasteiger partial charge in [0.15, 0.2) is 0 Å². The van der Waals surface area contributed by atoms with E-state index in [1.807, 2.05) is 31.2 Å². The van der Waals surface area contributed by atoms with Crippen molar-refractivity contribution in [2.24, 2.45) is 0 Å². The van der Waals surface area contributed by atoms with Gasteiger partial charge in [0.25, 0.3) is 0 Å². The lowest BCUT2D eigenvalue weighted by molar-refractivity contribution is -0.141. The third-order valence-electron chi connectivity index (χ3n) is 3.75. The Labute approximate surface area is 140 Å². The monoisotopic (exact) mass is 329 g/mol. The predicted molar refractivity (Wildman–Crippen MR) is 89.2 cm³/mol. The molecule has 1 amide bonds. The Morgan fingerprint density at radius 2 is 1.62 bits per heavy atom. The lowest BCUT2D eigenvalue weighted by atomic mass is 10.0. The number of carboxylic acid groups (broad SMARTS) is 1. The largest absolute Gasteiger partial charge is 0.480 e. The molecule has 1 unspecified atom stereocenters. The molecule has 0 fully saturated rings. The van der Waals surface area contributed by atoms with Crippen LogP contribution in [-0.4, -0.2) is 23.0 Å². The van der Waals surface area contributed by atoms with E-state index in [0.717, 1.165) is 11.1 Å². The van der Waals surface area contributed by atoms with Gasteiger partial charge in [-0.2, -0.15) is 0 Å². The van der Waals surface area contributed by atoms with Crippen molar-refractivity contribution in [3.63, 3.8) is 0 Å². The Hall–Kier alpha value is -2.69. The number of benzene rings is 2. The van der Waals surface area contributed by atoms with Crippen LogP contribution in [0.25, 0.3) is 0 Å². The summed E-state index contributed by atoms with van der Waals surface area (Å²) in [6.07, 6.45) is 0.886. The number of hydrogen-bond acceptors (Lipinski definition) is 2. The molecule has 4 nitrogen and oxygen atoms in total. The number of carboxylic acids is 1. The van der Waals surface area contributed by atoms with E-state index in [4.69, 9.17) is 0 Å². The first-order valence-electron chi connectivity index (χ1n) is 7.76. The van der Waals surface area contributed by atoms with Crippen LogP contribution in [0.4, 0.5) is 4.39 Å². The Kier molecular flexibility index (Phi) is 6.07. The van der Waals surface area contributed by atoms with E-state index in [9.17, 15) is 19.1 Å². The van der Waals surface area contributed by atoms with Crippen LogP contribution in [0.5, 0.6) is 0 Å². The second-order valence-electron chi connectivity index (χ2n) is 5.77. The Balaban J connectivity index is 1.89. The summed E-state index contributed by atoms with van der Waals surface area (Å²) in [5.41, 5.74) is 2.83. The molecule has 0 heterocycles. The van der Waals surface area contributed by atoms with Crippen LogP contribution in [0.3, 0.4) is 0 Å². The topological polar surface area (TPSA) is 66.4 Å². The lowest BCUT2D eigenvalue weighted by Gasteiger charge is -2.14. The zero-order valence-electron chi connectivity index (χ0n) is 13.5. The molecule has 0 aliphatic rings. The molecule has 0 aromatic heterocycles. The molecule has 2 N–H and O–H groups in total. The smallest absolute Gasteiger partial charge is 0.326 e. The van der Waals surface area contributed by atoms with Gasteiger partial charge in [-0.1, -0.05) is 42.0 Å². The van der Waals surface area contributed by atoms with Crippen LogP contribution < -0.4 is 5.32 Å². The molecule has 0 aliphatic carbocycles. The highest BCUT2D eigenvalue weighted by Crippen LogP contribution is 2.08. The first-order valence-corrected chi connectivity index (χ1v) is 7.76. The first-order chi connectivity index (χ1) is 11.4. The average Bonchev–Trinajstić information content (AvgIpc) is 2.55. The number of carbonyl (C=O) groups excluding carboxylic acids is 1. The van der Waals surface area contributed by atoms with Crippen molar-refractivity contribution in [1.82, 2.24) is 5.32 Å². The zero-order chi connectivity index (χ0) is 17.5. The molecule has 0 spiro atoms. The second-order valence-corrected chi connectivity index (χ2v) is 5.77. The number of aliphatic carboxylic acids is 1. The highest BCUT2D eigenvalue weighted by Gasteiger charge is 2.20. The molecule has 1 atom stereocenters. The van der Waals surface area contributed by atoms with E-state index in [1.54, 1.807) is 0 Å². The van der Waals surface area contributed by atoms with E-state index in [0.29, 0.717) is 12.0 Å². The van der Waals surface area contributed by atoms with Crippen LogP contribution in [0.15, 0.2) is 48.5 Å².